The SMILES string of the molecule is Cc1ccccc1Oc1ncnc2c1cnn2-c1cccc(Cl)c1. The van der Waals surface area contributed by atoms with Crippen LogP contribution in [0.3, 0.4) is 0 Å². The molecule has 2 aromatic heterocycles. The normalized spacial score (nSPS) is 10.9. The Balaban J connectivity index is 1.81. The van der Waals surface area contributed by atoms with Gasteiger partial charge in [0, 0.05) is 5.02 Å². The zero-order valence-corrected chi connectivity index (χ0v) is 13.6. The average Bonchev–Trinajstić information content (AvgIpc) is 3.02. The largest absolute Gasteiger partial charge is 0.438 e. The second kappa shape index (κ2) is 5.94. The highest BCUT2D eigenvalue weighted by Gasteiger charge is 2.13. The van der Waals surface area contributed by atoms with Gasteiger partial charge in [0.2, 0.25) is 5.88 Å². The molecule has 24 heavy (non-hydrogen) atoms. The van der Waals surface area contributed by atoms with Gasteiger partial charge in [-0.1, -0.05) is 35.9 Å². The lowest BCUT2D eigenvalue weighted by Gasteiger charge is -2.08. The second-order valence-corrected chi connectivity index (χ2v) is 5.76. The standard InChI is InChI=1S/C18H13ClN4O/c1-12-5-2-3-8-16(12)24-18-15-10-22-23(17(15)20-11-21-18)14-7-4-6-13(19)9-14/h2-11H,1H3. The smallest absolute Gasteiger partial charge is 0.233 e. The number of aryl methyl sites for hydroxylation is 1. The van der Waals surface area contributed by atoms with E-state index in [-0.39, 0.29) is 0 Å². The van der Waals surface area contributed by atoms with Crippen LogP contribution in [0.2, 0.25) is 5.02 Å². The van der Waals surface area contributed by atoms with Gasteiger partial charge in [-0.25, -0.2) is 14.6 Å². The summed E-state index contributed by atoms with van der Waals surface area (Å²) in [6.45, 7) is 1.99. The van der Waals surface area contributed by atoms with Gasteiger partial charge in [0.15, 0.2) is 5.65 Å². The molecule has 0 fully saturated rings. The molecule has 0 spiro atoms. The highest BCUT2D eigenvalue weighted by Crippen LogP contribution is 2.29. The van der Waals surface area contributed by atoms with Crippen LogP contribution in [0.15, 0.2) is 61.1 Å². The van der Waals surface area contributed by atoms with Gasteiger partial charge in [0.25, 0.3) is 0 Å². The Bertz CT molecular complexity index is 1030. The van der Waals surface area contributed by atoms with Crippen molar-refractivity contribution in [3.63, 3.8) is 0 Å². The predicted molar refractivity (Wildman–Crippen MR) is 92.9 cm³/mol. The van der Waals surface area contributed by atoms with E-state index in [0.717, 1.165) is 22.4 Å². The molecule has 118 valence electrons. The molecule has 0 aliphatic rings. The van der Waals surface area contributed by atoms with E-state index in [1.165, 1.54) is 6.33 Å². The Labute approximate surface area is 143 Å². The first-order valence-electron chi connectivity index (χ1n) is 7.40. The number of para-hydroxylation sites is 1. The van der Waals surface area contributed by atoms with E-state index < -0.39 is 0 Å². The molecule has 2 heterocycles. The van der Waals surface area contributed by atoms with Gasteiger partial charge < -0.3 is 4.74 Å². The summed E-state index contributed by atoms with van der Waals surface area (Å²) in [5.74, 6) is 1.23. The van der Waals surface area contributed by atoms with E-state index in [2.05, 4.69) is 15.1 Å². The Morgan fingerprint density at radius 1 is 1.04 bits per heavy atom. The van der Waals surface area contributed by atoms with Crippen molar-refractivity contribution < 1.29 is 4.74 Å². The molecule has 0 amide bonds. The Morgan fingerprint density at radius 3 is 2.75 bits per heavy atom. The first-order chi connectivity index (χ1) is 11.7. The summed E-state index contributed by atoms with van der Waals surface area (Å²) in [5, 5.41) is 5.78. The molecule has 0 bridgehead atoms. The molecule has 5 nitrogen and oxygen atoms in total. The number of ether oxygens (including phenoxy) is 1. The molecule has 0 saturated heterocycles. The fourth-order valence-electron chi connectivity index (χ4n) is 2.48. The van der Waals surface area contributed by atoms with Gasteiger partial charge in [0.05, 0.1) is 11.9 Å². The number of nitrogens with zero attached hydrogens (tertiary/aromatic N) is 4. The molecule has 0 N–H and O–H groups in total. The lowest BCUT2D eigenvalue weighted by Crippen LogP contribution is -1.98. The molecular weight excluding hydrogens is 324 g/mol. The van der Waals surface area contributed by atoms with Crippen molar-refractivity contribution >= 4 is 22.6 Å². The number of rotatable bonds is 3. The van der Waals surface area contributed by atoms with Crippen molar-refractivity contribution in [2.75, 3.05) is 0 Å². The van der Waals surface area contributed by atoms with E-state index in [1.54, 1.807) is 10.9 Å². The van der Waals surface area contributed by atoms with E-state index >= 15 is 0 Å². The van der Waals surface area contributed by atoms with E-state index in [9.17, 15) is 0 Å². The Hall–Kier alpha value is -2.92. The molecule has 4 aromatic rings. The third-order valence-electron chi connectivity index (χ3n) is 3.68. The number of fused-ring (bicyclic) bond motifs is 1. The number of halogens is 1. The van der Waals surface area contributed by atoms with Gasteiger partial charge >= 0.3 is 0 Å². The zero-order valence-electron chi connectivity index (χ0n) is 12.8. The maximum Gasteiger partial charge on any atom is 0.233 e. The summed E-state index contributed by atoms with van der Waals surface area (Å²) < 4.78 is 7.68. The van der Waals surface area contributed by atoms with Gasteiger partial charge in [-0.05, 0) is 36.8 Å². The fourth-order valence-corrected chi connectivity index (χ4v) is 2.66. The van der Waals surface area contributed by atoms with Crippen LogP contribution >= 0.6 is 11.6 Å². The van der Waals surface area contributed by atoms with Gasteiger partial charge in [-0.2, -0.15) is 5.10 Å². The molecule has 0 aliphatic carbocycles. The van der Waals surface area contributed by atoms with Crippen LogP contribution in [0.5, 0.6) is 11.6 Å². The van der Waals surface area contributed by atoms with Crippen LogP contribution in [-0.4, -0.2) is 19.7 Å². The third-order valence-corrected chi connectivity index (χ3v) is 3.92. The van der Waals surface area contributed by atoms with Crippen LogP contribution in [0.4, 0.5) is 0 Å². The molecule has 4 rings (SSSR count). The second-order valence-electron chi connectivity index (χ2n) is 5.32. The number of aromatic nitrogens is 4. The highest BCUT2D eigenvalue weighted by atomic mass is 35.5. The van der Waals surface area contributed by atoms with Gasteiger partial charge in [0.1, 0.15) is 17.5 Å². The third kappa shape index (κ3) is 2.59. The van der Waals surface area contributed by atoms with Gasteiger partial charge in [-0.3, -0.25) is 0 Å². The first kappa shape index (κ1) is 14.7. The lowest BCUT2D eigenvalue weighted by atomic mass is 10.2. The van der Waals surface area contributed by atoms with Crippen molar-refractivity contribution in [3.05, 3.63) is 71.6 Å². The number of hydrogen-bond donors (Lipinski definition) is 0. The summed E-state index contributed by atoms with van der Waals surface area (Å²) in [6.07, 6.45) is 3.17. The molecule has 0 aliphatic heterocycles. The van der Waals surface area contributed by atoms with Crippen LogP contribution < -0.4 is 4.74 Å². The summed E-state index contributed by atoms with van der Waals surface area (Å²) in [5.41, 5.74) is 2.53. The highest BCUT2D eigenvalue weighted by molar-refractivity contribution is 6.30. The summed E-state index contributed by atoms with van der Waals surface area (Å²) in [4.78, 5) is 8.59. The van der Waals surface area contributed by atoms with Crippen molar-refractivity contribution in [2.24, 2.45) is 0 Å². The number of benzene rings is 2. The Kier molecular flexibility index (Phi) is 3.63. The molecule has 0 radical (unpaired) electrons. The Morgan fingerprint density at radius 2 is 1.92 bits per heavy atom. The van der Waals surface area contributed by atoms with Crippen LogP contribution in [0.1, 0.15) is 5.56 Å². The average molecular weight is 337 g/mol. The summed E-state index contributed by atoms with van der Waals surface area (Å²) >= 11 is 6.07. The molecule has 0 unspecified atom stereocenters. The summed E-state index contributed by atoms with van der Waals surface area (Å²) in [7, 11) is 0. The minimum atomic E-state index is 0.475. The minimum absolute atomic E-state index is 0.475. The number of hydrogen-bond acceptors (Lipinski definition) is 4. The quantitative estimate of drug-likeness (QED) is 0.550. The minimum Gasteiger partial charge on any atom is -0.438 e. The van der Waals surface area contributed by atoms with E-state index in [1.807, 2.05) is 55.5 Å². The monoisotopic (exact) mass is 336 g/mol. The van der Waals surface area contributed by atoms with E-state index in [4.69, 9.17) is 16.3 Å². The van der Waals surface area contributed by atoms with Crippen LogP contribution in [0.25, 0.3) is 16.7 Å². The van der Waals surface area contributed by atoms with Crippen LogP contribution in [-0.2, 0) is 0 Å². The van der Waals surface area contributed by atoms with Crippen molar-refractivity contribution in [1.29, 1.82) is 0 Å². The predicted octanol–water partition coefficient (Wildman–Crippen LogP) is 4.57. The molecule has 2 aromatic carbocycles. The molecule has 6 heteroatoms. The van der Waals surface area contributed by atoms with E-state index in [0.29, 0.717) is 16.5 Å². The van der Waals surface area contributed by atoms with Crippen molar-refractivity contribution in [3.8, 4) is 17.3 Å². The van der Waals surface area contributed by atoms with Crippen LogP contribution in [0, 0.1) is 6.92 Å². The maximum absolute atomic E-state index is 6.07. The first-order valence-corrected chi connectivity index (χ1v) is 7.78. The van der Waals surface area contributed by atoms with Crippen molar-refractivity contribution in [2.45, 2.75) is 6.92 Å². The topological polar surface area (TPSA) is 52.8 Å². The summed E-state index contributed by atoms with van der Waals surface area (Å²) in [6, 6.07) is 15.2. The zero-order chi connectivity index (χ0) is 16.5. The maximum atomic E-state index is 6.07. The molecule has 0 saturated carbocycles. The van der Waals surface area contributed by atoms with Gasteiger partial charge in [-0.15, -0.1) is 0 Å². The fraction of sp³-hybridized carbons (Fsp3) is 0.0556. The van der Waals surface area contributed by atoms with Crippen molar-refractivity contribution in [1.82, 2.24) is 19.7 Å². The lowest BCUT2D eigenvalue weighted by molar-refractivity contribution is 0.464. The molecular formula is C18H13ClN4O. The molecule has 0 atom stereocenters.